The van der Waals surface area contributed by atoms with Gasteiger partial charge in [-0.2, -0.15) is 5.26 Å². The summed E-state index contributed by atoms with van der Waals surface area (Å²) in [5.41, 5.74) is 2.33. The molecule has 0 aromatic heterocycles. The van der Waals surface area contributed by atoms with Crippen LogP contribution in [0.5, 0.6) is 0 Å². The molecule has 0 saturated carbocycles. The number of quaternary nitrogens is 1. The van der Waals surface area contributed by atoms with Crippen LogP contribution in [0.25, 0.3) is 0 Å². The summed E-state index contributed by atoms with van der Waals surface area (Å²) in [5, 5.41) is 9.72. The van der Waals surface area contributed by atoms with E-state index in [0.29, 0.717) is 11.1 Å². The van der Waals surface area contributed by atoms with Gasteiger partial charge in [0.1, 0.15) is 6.54 Å². The number of halogens is 1. The average molecular weight is 341 g/mol. The fraction of sp³-hybridized carbons (Fsp3) is 0.263. The maximum absolute atomic E-state index is 12.6. The molecule has 4 nitrogen and oxygen atoms in total. The van der Waals surface area contributed by atoms with Crippen molar-refractivity contribution in [1.29, 1.82) is 5.26 Å². The van der Waals surface area contributed by atoms with Crippen LogP contribution in [0.2, 0.25) is 5.02 Å². The van der Waals surface area contributed by atoms with Gasteiger partial charge in [0.2, 0.25) is 0 Å². The summed E-state index contributed by atoms with van der Waals surface area (Å²) < 4.78 is 0. The molecule has 0 unspecified atom stereocenters. The number of nitrogens with zero attached hydrogens (tertiary/aromatic N) is 2. The van der Waals surface area contributed by atoms with E-state index in [1.165, 1.54) is 10.5 Å². The molecule has 1 amide bonds. The first kappa shape index (κ1) is 16.5. The number of carbonyl (C=O) groups excluding carboxylic acids is 1. The lowest BCUT2D eigenvalue weighted by atomic mass is 10.1. The van der Waals surface area contributed by atoms with E-state index in [0.717, 1.165) is 37.7 Å². The molecule has 2 aromatic rings. The minimum absolute atomic E-state index is 0.00825. The molecule has 0 atom stereocenters. The van der Waals surface area contributed by atoms with E-state index in [9.17, 15) is 4.79 Å². The van der Waals surface area contributed by atoms with E-state index >= 15 is 0 Å². The van der Waals surface area contributed by atoms with E-state index in [1.54, 1.807) is 24.3 Å². The van der Waals surface area contributed by atoms with Gasteiger partial charge >= 0.3 is 0 Å². The molecule has 0 aliphatic carbocycles. The average Bonchev–Trinajstić information content (AvgIpc) is 2.62. The maximum atomic E-state index is 12.6. The maximum Gasteiger partial charge on any atom is 0.254 e. The number of rotatable bonds is 3. The molecule has 0 bridgehead atoms. The Labute approximate surface area is 146 Å². The first-order chi connectivity index (χ1) is 11.7. The van der Waals surface area contributed by atoms with E-state index in [1.807, 2.05) is 23.1 Å². The molecule has 5 heteroatoms. The Kier molecular flexibility index (Phi) is 5.14. The lowest BCUT2D eigenvalue weighted by Gasteiger charge is -2.32. The number of amides is 1. The van der Waals surface area contributed by atoms with Crippen LogP contribution in [0.15, 0.2) is 48.5 Å². The summed E-state index contributed by atoms with van der Waals surface area (Å²) >= 11 is 6.03. The molecular weight excluding hydrogens is 322 g/mol. The highest BCUT2D eigenvalue weighted by Gasteiger charge is 2.24. The zero-order valence-corrected chi connectivity index (χ0v) is 14.1. The predicted octanol–water partition coefficient (Wildman–Crippen LogP) is 1.75. The first-order valence-corrected chi connectivity index (χ1v) is 8.41. The third-order valence-electron chi connectivity index (χ3n) is 4.34. The van der Waals surface area contributed by atoms with E-state index < -0.39 is 0 Å². The van der Waals surface area contributed by atoms with Gasteiger partial charge in [-0.05, 0) is 30.3 Å². The van der Waals surface area contributed by atoms with Crippen molar-refractivity contribution in [2.75, 3.05) is 26.2 Å². The smallest absolute Gasteiger partial charge is 0.254 e. The number of nitrogens with one attached hydrogen (secondary N) is 1. The van der Waals surface area contributed by atoms with Gasteiger partial charge in [-0.1, -0.05) is 29.8 Å². The molecule has 0 spiro atoms. The molecule has 0 radical (unpaired) electrons. The second-order valence-electron chi connectivity index (χ2n) is 6.04. The molecule has 24 heavy (non-hydrogen) atoms. The molecule has 1 N–H and O–H groups in total. The van der Waals surface area contributed by atoms with Gasteiger partial charge in [0, 0.05) is 16.1 Å². The zero-order valence-electron chi connectivity index (χ0n) is 13.3. The fourth-order valence-electron chi connectivity index (χ4n) is 3.04. The highest BCUT2D eigenvalue weighted by atomic mass is 35.5. The Morgan fingerprint density at radius 3 is 2.62 bits per heavy atom. The van der Waals surface area contributed by atoms with E-state index in [4.69, 9.17) is 16.9 Å². The largest absolute Gasteiger partial charge is 0.328 e. The first-order valence-electron chi connectivity index (χ1n) is 8.03. The van der Waals surface area contributed by atoms with Crippen molar-refractivity contribution in [1.82, 2.24) is 4.90 Å². The quantitative estimate of drug-likeness (QED) is 0.925. The van der Waals surface area contributed by atoms with Crippen molar-refractivity contribution in [3.05, 3.63) is 70.2 Å². The van der Waals surface area contributed by atoms with Crippen LogP contribution >= 0.6 is 11.6 Å². The van der Waals surface area contributed by atoms with Gasteiger partial charge in [0.05, 0.1) is 37.8 Å². The molecular formula is C19H19ClN3O+. The van der Waals surface area contributed by atoms with Gasteiger partial charge in [-0.15, -0.1) is 0 Å². The number of hydrogen-bond acceptors (Lipinski definition) is 2. The molecule has 1 saturated heterocycles. The lowest BCUT2D eigenvalue weighted by Crippen LogP contribution is -3.13. The second-order valence-corrected chi connectivity index (χ2v) is 6.48. The van der Waals surface area contributed by atoms with Crippen molar-refractivity contribution in [3.8, 4) is 6.07 Å². The standard InChI is InChI=1S/C19H18ClN3O/c20-18-6-2-4-16(12-18)14-22-7-9-23(10-8-22)19(24)17-5-1-3-15(11-17)13-21/h1-6,11-12H,7-10,14H2/p+1. The summed E-state index contributed by atoms with van der Waals surface area (Å²) in [6, 6.07) is 16.9. The van der Waals surface area contributed by atoms with Crippen LogP contribution in [-0.4, -0.2) is 37.0 Å². The Bertz CT molecular complexity index is 776. The summed E-state index contributed by atoms with van der Waals surface area (Å²) in [4.78, 5) is 15.9. The molecule has 1 aliphatic rings. The van der Waals surface area contributed by atoms with E-state index in [2.05, 4.69) is 12.1 Å². The highest BCUT2D eigenvalue weighted by molar-refractivity contribution is 6.30. The van der Waals surface area contributed by atoms with Crippen LogP contribution in [0.1, 0.15) is 21.5 Å². The van der Waals surface area contributed by atoms with Gasteiger partial charge in [0.25, 0.3) is 5.91 Å². The van der Waals surface area contributed by atoms with Crippen molar-refractivity contribution in [3.63, 3.8) is 0 Å². The summed E-state index contributed by atoms with van der Waals surface area (Å²) in [5.74, 6) is 0.00825. The minimum atomic E-state index is 0.00825. The normalized spacial score (nSPS) is 15.1. The van der Waals surface area contributed by atoms with Gasteiger partial charge in [-0.3, -0.25) is 4.79 Å². The van der Waals surface area contributed by atoms with Crippen LogP contribution in [-0.2, 0) is 6.54 Å². The van der Waals surface area contributed by atoms with Crippen molar-refractivity contribution in [2.45, 2.75) is 6.54 Å². The zero-order chi connectivity index (χ0) is 16.9. The lowest BCUT2D eigenvalue weighted by molar-refractivity contribution is -0.917. The predicted molar refractivity (Wildman–Crippen MR) is 92.9 cm³/mol. The van der Waals surface area contributed by atoms with Crippen molar-refractivity contribution >= 4 is 17.5 Å². The molecule has 1 fully saturated rings. The summed E-state index contributed by atoms with van der Waals surface area (Å²) in [7, 11) is 0. The van der Waals surface area contributed by atoms with E-state index in [-0.39, 0.29) is 5.91 Å². The van der Waals surface area contributed by atoms with Crippen LogP contribution in [0, 0.1) is 11.3 Å². The molecule has 122 valence electrons. The Hall–Kier alpha value is -2.35. The van der Waals surface area contributed by atoms with Crippen LogP contribution < -0.4 is 4.90 Å². The molecule has 1 heterocycles. The monoisotopic (exact) mass is 340 g/mol. The second kappa shape index (κ2) is 7.48. The third-order valence-corrected chi connectivity index (χ3v) is 4.57. The Morgan fingerprint density at radius 1 is 1.17 bits per heavy atom. The molecule has 3 rings (SSSR count). The topological polar surface area (TPSA) is 48.5 Å². The molecule has 2 aromatic carbocycles. The third kappa shape index (κ3) is 3.94. The number of piperazine rings is 1. The Balaban J connectivity index is 1.58. The Morgan fingerprint density at radius 2 is 1.92 bits per heavy atom. The van der Waals surface area contributed by atoms with Crippen LogP contribution in [0.4, 0.5) is 0 Å². The van der Waals surface area contributed by atoms with Crippen molar-refractivity contribution < 1.29 is 9.69 Å². The summed E-state index contributed by atoms with van der Waals surface area (Å²) in [6.07, 6.45) is 0. The van der Waals surface area contributed by atoms with Crippen molar-refractivity contribution in [2.24, 2.45) is 0 Å². The fourth-order valence-corrected chi connectivity index (χ4v) is 3.26. The minimum Gasteiger partial charge on any atom is -0.328 e. The van der Waals surface area contributed by atoms with Gasteiger partial charge in [0.15, 0.2) is 0 Å². The highest BCUT2D eigenvalue weighted by Crippen LogP contribution is 2.10. The van der Waals surface area contributed by atoms with Gasteiger partial charge < -0.3 is 9.80 Å². The molecule has 1 aliphatic heterocycles. The SMILES string of the molecule is N#Cc1cccc(C(=O)N2CC[NH+](Cc3cccc(Cl)c3)CC2)c1. The number of benzene rings is 2. The number of nitriles is 1. The van der Waals surface area contributed by atoms with Crippen LogP contribution in [0.3, 0.4) is 0 Å². The number of hydrogen-bond donors (Lipinski definition) is 1. The van der Waals surface area contributed by atoms with Gasteiger partial charge in [-0.25, -0.2) is 0 Å². The summed E-state index contributed by atoms with van der Waals surface area (Å²) in [6.45, 7) is 4.20. The number of carbonyl (C=O) groups is 1.